The predicted molar refractivity (Wildman–Crippen MR) is 68.3 cm³/mol. The first-order chi connectivity index (χ1) is 8.70. The summed E-state index contributed by atoms with van der Waals surface area (Å²) in [6.07, 6.45) is 2.37. The van der Waals surface area contributed by atoms with Gasteiger partial charge in [0.05, 0.1) is 0 Å². The number of rotatable bonds is 4. The summed E-state index contributed by atoms with van der Waals surface area (Å²) < 4.78 is 11.1. The highest BCUT2D eigenvalue weighted by atomic mass is 16.5. The maximum Gasteiger partial charge on any atom is 0.160 e. The Kier molecular flexibility index (Phi) is 4.27. The van der Waals surface area contributed by atoms with Crippen LogP contribution in [0.25, 0.3) is 0 Å². The van der Waals surface area contributed by atoms with E-state index in [1.807, 2.05) is 13.0 Å². The van der Waals surface area contributed by atoms with Gasteiger partial charge in [-0.2, -0.15) is 0 Å². The summed E-state index contributed by atoms with van der Waals surface area (Å²) in [5.41, 5.74) is 7.15. The summed E-state index contributed by atoms with van der Waals surface area (Å²) in [6.45, 7) is 3.96. The second kappa shape index (κ2) is 5.73. The molecule has 0 bridgehead atoms. The van der Waals surface area contributed by atoms with Crippen molar-refractivity contribution < 1.29 is 9.47 Å². The number of aryl methyl sites for hydroxylation is 1. The van der Waals surface area contributed by atoms with Crippen LogP contribution in [0.1, 0.15) is 30.1 Å². The normalized spacial score (nSPS) is 18.8. The van der Waals surface area contributed by atoms with Crippen LogP contribution in [0, 0.1) is 6.92 Å². The van der Waals surface area contributed by atoms with E-state index in [0.717, 1.165) is 36.5 Å². The molecule has 5 heteroatoms. The molecule has 0 saturated carbocycles. The quantitative estimate of drug-likeness (QED) is 0.862. The molecule has 0 spiro atoms. The Labute approximate surface area is 108 Å². The summed E-state index contributed by atoms with van der Waals surface area (Å²) in [5.74, 6) is 0.775. The maximum atomic E-state index is 5.72. The summed E-state index contributed by atoms with van der Waals surface area (Å²) >= 11 is 0. The average Bonchev–Trinajstić information content (AvgIpc) is 2.39. The van der Waals surface area contributed by atoms with Crippen molar-refractivity contribution in [3.8, 4) is 0 Å². The van der Waals surface area contributed by atoms with Crippen LogP contribution in [0.2, 0.25) is 0 Å². The van der Waals surface area contributed by atoms with Gasteiger partial charge in [0.15, 0.2) is 5.82 Å². The summed E-state index contributed by atoms with van der Waals surface area (Å²) in [5, 5.41) is 0. The minimum Gasteiger partial charge on any atom is -0.381 e. The van der Waals surface area contributed by atoms with Crippen molar-refractivity contribution >= 4 is 0 Å². The minimum absolute atomic E-state index is 0.395. The van der Waals surface area contributed by atoms with Gasteiger partial charge in [0.1, 0.15) is 5.60 Å². The summed E-state index contributed by atoms with van der Waals surface area (Å²) in [7, 11) is 1.72. The van der Waals surface area contributed by atoms with Crippen LogP contribution in [-0.2, 0) is 21.5 Å². The van der Waals surface area contributed by atoms with E-state index in [0.29, 0.717) is 19.8 Å². The molecule has 2 N–H and O–H groups in total. The maximum absolute atomic E-state index is 5.72. The Bertz CT molecular complexity index is 403. The van der Waals surface area contributed by atoms with Gasteiger partial charge in [-0.25, -0.2) is 9.97 Å². The highest BCUT2D eigenvalue weighted by molar-refractivity contribution is 5.15. The zero-order valence-electron chi connectivity index (χ0n) is 11.1. The molecule has 0 radical (unpaired) electrons. The van der Waals surface area contributed by atoms with E-state index in [4.69, 9.17) is 15.2 Å². The van der Waals surface area contributed by atoms with Gasteiger partial charge in [-0.15, -0.1) is 0 Å². The first kappa shape index (κ1) is 13.4. The van der Waals surface area contributed by atoms with E-state index in [2.05, 4.69) is 9.97 Å². The molecule has 18 heavy (non-hydrogen) atoms. The molecule has 0 amide bonds. The zero-order chi connectivity index (χ0) is 13.0. The highest BCUT2D eigenvalue weighted by Gasteiger charge is 2.37. The van der Waals surface area contributed by atoms with Gasteiger partial charge in [-0.05, 0) is 19.5 Å². The van der Waals surface area contributed by atoms with Gasteiger partial charge in [-0.3, -0.25) is 0 Å². The third-order valence-corrected chi connectivity index (χ3v) is 3.41. The lowest BCUT2D eigenvalue weighted by atomic mass is 9.92. The third kappa shape index (κ3) is 2.68. The lowest BCUT2D eigenvalue weighted by Crippen LogP contribution is -2.37. The van der Waals surface area contributed by atoms with Crippen molar-refractivity contribution in [2.45, 2.75) is 31.8 Å². The van der Waals surface area contributed by atoms with Crippen molar-refractivity contribution in [2.24, 2.45) is 5.73 Å². The van der Waals surface area contributed by atoms with Crippen LogP contribution in [0.5, 0.6) is 0 Å². The summed E-state index contributed by atoms with van der Waals surface area (Å²) in [4.78, 5) is 9.17. The van der Waals surface area contributed by atoms with Gasteiger partial charge in [0.25, 0.3) is 0 Å². The number of nitrogens with two attached hydrogens (primary N) is 1. The number of methoxy groups -OCH3 is 1. The SMILES string of the molecule is COC1(c2nc(C)cc(CCN)n2)CCOCC1. The number of hydrogen-bond donors (Lipinski definition) is 1. The monoisotopic (exact) mass is 251 g/mol. The van der Waals surface area contributed by atoms with Gasteiger partial charge in [0.2, 0.25) is 0 Å². The molecule has 2 rings (SSSR count). The van der Waals surface area contributed by atoms with E-state index in [9.17, 15) is 0 Å². The first-order valence-electron chi connectivity index (χ1n) is 6.38. The van der Waals surface area contributed by atoms with Gasteiger partial charge in [0, 0.05) is 51.0 Å². The average molecular weight is 251 g/mol. The van der Waals surface area contributed by atoms with Crippen LogP contribution in [0.3, 0.4) is 0 Å². The topological polar surface area (TPSA) is 70.3 Å². The molecular formula is C13H21N3O2. The molecule has 1 saturated heterocycles. The Morgan fingerprint density at radius 1 is 1.39 bits per heavy atom. The minimum atomic E-state index is -0.395. The molecule has 1 aliphatic rings. The fourth-order valence-electron chi connectivity index (χ4n) is 2.33. The van der Waals surface area contributed by atoms with Gasteiger partial charge >= 0.3 is 0 Å². The number of ether oxygens (including phenoxy) is 2. The zero-order valence-corrected chi connectivity index (χ0v) is 11.1. The van der Waals surface area contributed by atoms with Crippen LogP contribution in [0.4, 0.5) is 0 Å². The Balaban J connectivity index is 2.34. The molecule has 100 valence electrons. The molecule has 2 heterocycles. The second-order valence-electron chi connectivity index (χ2n) is 4.67. The summed E-state index contributed by atoms with van der Waals surface area (Å²) in [6, 6.07) is 1.99. The second-order valence-corrected chi connectivity index (χ2v) is 4.67. The Hall–Kier alpha value is -1.04. The fraction of sp³-hybridized carbons (Fsp3) is 0.692. The number of hydrogen-bond acceptors (Lipinski definition) is 5. The molecule has 1 aromatic rings. The van der Waals surface area contributed by atoms with Crippen LogP contribution in [-0.4, -0.2) is 36.8 Å². The Morgan fingerprint density at radius 2 is 2.11 bits per heavy atom. The van der Waals surface area contributed by atoms with E-state index in [1.165, 1.54) is 0 Å². The van der Waals surface area contributed by atoms with Gasteiger partial charge in [-0.1, -0.05) is 0 Å². The molecule has 0 aromatic carbocycles. The van der Waals surface area contributed by atoms with Crippen molar-refractivity contribution in [1.82, 2.24) is 9.97 Å². The van der Waals surface area contributed by atoms with Crippen molar-refractivity contribution in [3.63, 3.8) is 0 Å². The van der Waals surface area contributed by atoms with Crippen molar-refractivity contribution in [1.29, 1.82) is 0 Å². The highest BCUT2D eigenvalue weighted by Crippen LogP contribution is 2.33. The van der Waals surface area contributed by atoms with Crippen molar-refractivity contribution in [2.75, 3.05) is 26.9 Å². The van der Waals surface area contributed by atoms with Crippen LogP contribution in [0.15, 0.2) is 6.07 Å². The molecular weight excluding hydrogens is 230 g/mol. The lowest BCUT2D eigenvalue weighted by molar-refractivity contribution is -0.100. The number of aromatic nitrogens is 2. The van der Waals surface area contributed by atoms with E-state index >= 15 is 0 Å². The molecule has 5 nitrogen and oxygen atoms in total. The molecule has 1 aromatic heterocycles. The third-order valence-electron chi connectivity index (χ3n) is 3.41. The lowest BCUT2D eigenvalue weighted by Gasteiger charge is -2.34. The molecule has 1 aliphatic heterocycles. The predicted octanol–water partition coefficient (Wildman–Crippen LogP) is 0.938. The molecule has 0 unspecified atom stereocenters. The fourth-order valence-corrected chi connectivity index (χ4v) is 2.33. The van der Waals surface area contributed by atoms with Crippen LogP contribution < -0.4 is 5.73 Å². The van der Waals surface area contributed by atoms with E-state index in [1.54, 1.807) is 7.11 Å². The smallest absolute Gasteiger partial charge is 0.160 e. The molecule has 0 aliphatic carbocycles. The first-order valence-corrected chi connectivity index (χ1v) is 6.38. The largest absolute Gasteiger partial charge is 0.381 e. The standard InChI is InChI=1S/C13H21N3O2/c1-10-9-11(3-6-14)16-12(15-10)13(17-2)4-7-18-8-5-13/h9H,3-8,14H2,1-2H3. The van der Waals surface area contributed by atoms with E-state index < -0.39 is 5.60 Å². The number of nitrogens with zero attached hydrogens (tertiary/aromatic N) is 2. The van der Waals surface area contributed by atoms with Gasteiger partial charge < -0.3 is 15.2 Å². The van der Waals surface area contributed by atoms with Crippen LogP contribution >= 0.6 is 0 Å². The van der Waals surface area contributed by atoms with E-state index in [-0.39, 0.29) is 0 Å². The Morgan fingerprint density at radius 3 is 2.72 bits per heavy atom. The molecule has 0 atom stereocenters. The molecule has 1 fully saturated rings. The van der Waals surface area contributed by atoms with Crippen molar-refractivity contribution in [3.05, 3.63) is 23.3 Å².